The van der Waals surface area contributed by atoms with Gasteiger partial charge in [0, 0.05) is 52.2 Å². The second kappa shape index (κ2) is 12.5. The lowest BCUT2D eigenvalue weighted by molar-refractivity contribution is -0.140. The Bertz CT molecular complexity index is 1030. The highest BCUT2D eigenvalue weighted by molar-refractivity contribution is 6.13. The van der Waals surface area contributed by atoms with Gasteiger partial charge in [0.2, 0.25) is 5.96 Å². The van der Waals surface area contributed by atoms with E-state index in [1.54, 1.807) is 20.2 Å². The fraction of sp³-hybridized carbons (Fsp3) is 0.621. The predicted molar refractivity (Wildman–Crippen MR) is 148 cm³/mol. The molecule has 4 aliphatic heterocycles. The molecule has 4 aliphatic rings. The van der Waals surface area contributed by atoms with Crippen molar-refractivity contribution in [3.05, 3.63) is 48.0 Å². The number of guanidine groups is 1. The first kappa shape index (κ1) is 28.4. The van der Waals surface area contributed by atoms with Crippen molar-refractivity contribution in [3.8, 4) is 0 Å². The maximum absolute atomic E-state index is 15.9. The van der Waals surface area contributed by atoms with Gasteiger partial charge in [0.15, 0.2) is 5.67 Å². The predicted octanol–water partition coefficient (Wildman–Crippen LogP) is 3.22. The van der Waals surface area contributed by atoms with Crippen LogP contribution >= 0.6 is 0 Å². The lowest BCUT2D eigenvalue weighted by atomic mass is 9.73. The fourth-order valence-corrected chi connectivity index (χ4v) is 5.82. The SMILES string of the molecule is C=C/C(=N\C(=NC)N1CCC(F)(C(=O)NC2(C)CN3CCC2CC3)CC1)c1ccc(COCCOC)cc1. The lowest BCUT2D eigenvalue weighted by Gasteiger charge is -2.52. The molecule has 4 saturated heterocycles. The second-order valence-corrected chi connectivity index (χ2v) is 10.8. The summed E-state index contributed by atoms with van der Waals surface area (Å²) in [6.45, 7) is 11.3. The minimum Gasteiger partial charge on any atom is -0.382 e. The molecule has 1 atom stereocenters. The summed E-state index contributed by atoms with van der Waals surface area (Å²) in [6.07, 6.45) is 4.04. The van der Waals surface area contributed by atoms with Crippen molar-refractivity contribution in [1.29, 1.82) is 0 Å². The third kappa shape index (κ3) is 6.50. The van der Waals surface area contributed by atoms with Crippen LogP contribution in [0, 0.1) is 5.92 Å². The lowest BCUT2D eigenvalue weighted by Crippen LogP contribution is -2.68. The Morgan fingerprint density at radius 2 is 1.87 bits per heavy atom. The van der Waals surface area contributed by atoms with Gasteiger partial charge in [-0.15, -0.1) is 0 Å². The number of carbonyl (C=O) groups excluding carboxylic acids is 1. The van der Waals surface area contributed by atoms with Gasteiger partial charge in [-0.25, -0.2) is 9.38 Å². The van der Waals surface area contributed by atoms with Gasteiger partial charge >= 0.3 is 0 Å². The summed E-state index contributed by atoms with van der Waals surface area (Å²) >= 11 is 0. The highest BCUT2D eigenvalue weighted by atomic mass is 19.1. The molecule has 1 aromatic carbocycles. The molecule has 4 fully saturated rings. The smallest absolute Gasteiger partial charge is 0.258 e. The first-order valence-electron chi connectivity index (χ1n) is 13.6. The van der Waals surface area contributed by atoms with Crippen LogP contribution in [0.4, 0.5) is 4.39 Å². The van der Waals surface area contributed by atoms with Crippen molar-refractivity contribution in [3.63, 3.8) is 0 Å². The average Bonchev–Trinajstić information content (AvgIpc) is 2.93. The van der Waals surface area contributed by atoms with E-state index >= 15 is 4.39 Å². The molecule has 0 aromatic heterocycles. The van der Waals surface area contributed by atoms with E-state index in [9.17, 15) is 4.79 Å². The molecule has 5 rings (SSSR count). The molecule has 0 spiro atoms. The van der Waals surface area contributed by atoms with Crippen LogP contribution in [0.15, 0.2) is 46.9 Å². The van der Waals surface area contributed by atoms with E-state index in [4.69, 9.17) is 14.5 Å². The number of aliphatic imine (C=N–C) groups is 2. The molecule has 8 nitrogen and oxygen atoms in total. The molecule has 38 heavy (non-hydrogen) atoms. The van der Waals surface area contributed by atoms with Gasteiger partial charge in [-0.2, -0.15) is 0 Å². The van der Waals surface area contributed by atoms with Crippen LogP contribution in [-0.2, 0) is 20.9 Å². The Balaban J connectivity index is 1.35. The van der Waals surface area contributed by atoms with E-state index in [1.807, 2.05) is 29.2 Å². The molecule has 0 radical (unpaired) electrons. The zero-order valence-corrected chi connectivity index (χ0v) is 23.0. The fourth-order valence-electron chi connectivity index (χ4n) is 5.82. The van der Waals surface area contributed by atoms with Crippen LogP contribution in [-0.4, -0.2) is 98.7 Å². The van der Waals surface area contributed by atoms with Crippen LogP contribution in [0.1, 0.15) is 43.7 Å². The Morgan fingerprint density at radius 1 is 1.18 bits per heavy atom. The number of fused-ring (bicyclic) bond motifs is 3. The van der Waals surface area contributed by atoms with E-state index in [-0.39, 0.29) is 18.4 Å². The van der Waals surface area contributed by atoms with Gasteiger partial charge in [0.05, 0.1) is 31.1 Å². The van der Waals surface area contributed by atoms with Gasteiger partial charge in [-0.1, -0.05) is 30.8 Å². The molecular formula is C29H42FN5O3. The Kier molecular flexibility index (Phi) is 9.33. The summed E-state index contributed by atoms with van der Waals surface area (Å²) in [6, 6.07) is 7.95. The summed E-state index contributed by atoms with van der Waals surface area (Å²) in [5, 5.41) is 3.12. The van der Waals surface area contributed by atoms with Crippen LogP contribution in [0.5, 0.6) is 0 Å². The zero-order chi connectivity index (χ0) is 27.2. The van der Waals surface area contributed by atoms with E-state index in [2.05, 4.69) is 28.7 Å². The highest BCUT2D eigenvalue weighted by Crippen LogP contribution is 2.37. The molecule has 0 aliphatic carbocycles. The maximum atomic E-state index is 15.9. The molecule has 9 heteroatoms. The van der Waals surface area contributed by atoms with Crippen molar-refractivity contribution >= 4 is 17.6 Å². The Morgan fingerprint density at radius 3 is 2.42 bits per heavy atom. The monoisotopic (exact) mass is 527 g/mol. The van der Waals surface area contributed by atoms with Gasteiger partial charge in [-0.3, -0.25) is 9.79 Å². The Hall–Kier alpha value is -2.62. The van der Waals surface area contributed by atoms with Crippen LogP contribution in [0.2, 0.25) is 0 Å². The number of nitrogens with zero attached hydrogens (tertiary/aromatic N) is 4. The number of rotatable bonds is 9. The molecule has 0 saturated carbocycles. The first-order valence-corrected chi connectivity index (χ1v) is 13.6. The van der Waals surface area contributed by atoms with Crippen molar-refractivity contribution in [2.75, 3.05) is 60.1 Å². The molecule has 208 valence electrons. The van der Waals surface area contributed by atoms with Crippen LogP contribution in [0.3, 0.4) is 0 Å². The molecule has 1 N–H and O–H groups in total. The maximum Gasteiger partial charge on any atom is 0.258 e. The molecule has 4 heterocycles. The summed E-state index contributed by atoms with van der Waals surface area (Å²) in [5.41, 5.74) is 0.412. The van der Waals surface area contributed by atoms with Gasteiger partial charge < -0.3 is 24.6 Å². The minimum atomic E-state index is -1.88. The number of benzene rings is 1. The van der Waals surface area contributed by atoms with E-state index in [0.717, 1.165) is 43.6 Å². The summed E-state index contributed by atoms with van der Waals surface area (Å²) in [5.74, 6) is 0.464. The molecule has 1 aromatic rings. The van der Waals surface area contributed by atoms with E-state index in [1.165, 1.54) is 0 Å². The first-order chi connectivity index (χ1) is 18.3. The molecule has 1 unspecified atom stereocenters. The third-order valence-corrected chi connectivity index (χ3v) is 8.25. The third-order valence-electron chi connectivity index (χ3n) is 8.25. The summed E-state index contributed by atoms with van der Waals surface area (Å²) in [4.78, 5) is 26.6. The van der Waals surface area contributed by atoms with Crippen LogP contribution in [0.25, 0.3) is 0 Å². The summed E-state index contributed by atoms with van der Waals surface area (Å²) < 4.78 is 26.5. The quantitative estimate of drug-likeness (QED) is 0.303. The van der Waals surface area contributed by atoms with E-state index in [0.29, 0.717) is 50.5 Å². The number of piperidine rings is 4. The number of hydrogen-bond acceptors (Lipinski definition) is 5. The van der Waals surface area contributed by atoms with Crippen molar-refractivity contribution in [2.24, 2.45) is 15.9 Å². The normalized spacial score (nSPS) is 27.3. The zero-order valence-electron chi connectivity index (χ0n) is 23.0. The van der Waals surface area contributed by atoms with Crippen molar-refractivity contribution in [1.82, 2.24) is 15.1 Å². The van der Waals surface area contributed by atoms with Crippen LogP contribution < -0.4 is 5.32 Å². The van der Waals surface area contributed by atoms with Gasteiger partial charge in [0.1, 0.15) is 0 Å². The van der Waals surface area contributed by atoms with Crippen molar-refractivity contribution in [2.45, 2.75) is 50.4 Å². The number of nitrogens with one attached hydrogen (secondary N) is 1. The number of alkyl halides is 1. The minimum absolute atomic E-state index is 0.110. The number of allylic oxidation sites excluding steroid dienone is 1. The Labute approximate surface area is 226 Å². The number of amides is 1. The molecule has 2 bridgehead atoms. The number of hydrogen-bond donors (Lipinski definition) is 1. The molecular weight excluding hydrogens is 485 g/mol. The average molecular weight is 528 g/mol. The topological polar surface area (TPSA) is 78.8 Å². The number of halogens is 1. The number of methoxy groups -OCH3 is 1. The highest BCUT2D eigenvalue weighted by Gasteiger charge is 2.49. The number of ether oxygens (including phenoxy) is 2. The van der Waals surface area contributed by atoms with E-state index < -0.39 is 11.6 Å². The number of carbonyl (C=O) groups is 1. The van der Waals surface area contributed by atoms with Gasteiger partial charge in [-0.05, 0) is 50.4 Å². The van der Waals surface area contributed by atoms with Crippen molar-refractivity contribution < 1.29 is 18.7 Å². The molecule has 1 amide bonds. The summed E-state index contributed by atoms with van der Waals surface area (Å²) in [7, 11) is 3.33. The standard InChI is InChI=1S/C29H42FN5O3/c1-5-25(23-8-6-22(7-9-23)20-38-19-18-37-4)32-27(31-3)35-16-12-29(30,13-17-35)26(36)33-28(2)21-34-14-10-24(28)11-15-34/h5-9,24H,1,10-21H2,2-4H3,(H,33,36)/b31-27?,32-25+. The largest absolute Gasteiger partial charge is 0.382 e. The second-order valence-electron chi connectivity index (χ2n) is 10.8. The van der Waals surface area contributed by atoms with Gasteiger partial charge in [0.25, 0.3) is 5.91 Å². The number of likely N-dealkylation sites (tertiary alicyclic amines) is 1.